The van der Waals surface area contributed by atoms with Crippen molar-refractivity contribution in [2.24, 2.45) is 0 Å². The molecule has 1 aliphatic rings. The first-order chi connectivity index (χ1) is 13.4. The average Bonchev–Trinajstić information content (AvgIpc) is 3.26. The molecule has 0 unspecified atom stereocenters. The Labute approximate surface area is 169 Å². The molecule has 0 saturated heterocycles. The van der Waals surface area contributed by atoms with E-state index in [2.05, 4.69) is 37.0 Å². The van der Waals surface area contributed by atoms with Crippen molar-refractivity contribution in [3.8, 4) is 11.5 Å². The molecule has 6 heteroatoms. The highest BCUT2D eigenvalue weighted by molar-refractivity contribution is 8.00. The van der Waals surface area contributed by atoms with Gasteiger partial charge >= 0.3 is 0 Å². The van der Waals surface area contributed by atoms with Crippen LogP contribution in [0, 0.1) is 13.8 Å². The van der Waals surface area contributed by atoms with Gasteiger partial charge in [0.25, 0.3) is 5.22 Å². The Morgan fingerprint density at radius 3 is 2.75 bits per heavy atom. The Morgan fingerprint density at radius 1 is 1.18 bits per heavy atom. The number of carbonyl (C=O) groups excluding carboxylic acids is 1. The van der Waals surface area contributed by atoms with Crippen LogP contribution in [0.15, 0.2) is 52.1 Å². The highest BCUT2D eigenvalue weighted by Crippen LogP contribution is 2.35. The number of nitrogens with zero attached hydrogens (tertiary/aromatic N) is 3. The minimum absolute atomic E-state index is 0.0633. The summed E-state index contributed by atoms with van der Waals surface area (Å²) >= 11 is 1.31. The maximum absolute atomic E-state index is 13.1. The van der Waals surface area contributed by atoms with E-state index in [0.29, 0.717) is 11.1 Å². The molecule has 3 aromatic rings. The molecule has 1 amide bonds. The van der Waals surface area contributed by atoms with Crippen LogP contribution in [0.1, 0.15) is 30.5 Å². The zero-order chi connectivity index (χ0) is 19.8. The van der Waals surface area contributed by atoms with Crippen LogP contribution in [-0.2, 0) is 11.2 Å². The van der Waals surface area contributed by atoms with Gasteiger partial charge in [0, 0.05) is 17.3 Å². The van der Waals surface area contributed by atoms with Gasteiger partial charge in [-0.25, -0.2) is 0 Å². The maximum atomic E-state index is 13.1. The van der Waals surface area contributed by atoms with Crippen molar-refractivity contribution < 1.29 is 9.21 Å². The second-order valence-electron chi connectivity index (χ2n) is 7.32. The fourth-order valence-corrected chi connectivity index (χ4v) is 4.28. The van der Waals surface area contributed by atoms with Gasteiger partial charge in [-0.05, 0) is 69.0 Å². The summed E-state index contributed by atoms with van der Waals surface area (Å²) in [5.41, 5.74) is 5.51. The number of hydrogen-bond acceptors (Lipinski definition) is 5. The summed E-state index contributed by atoms with van der Waals surface area (Å²) < 4.78 is 5.81. The molecule has 0 N–H and O–H groups in total. The molecule has 2 atom stereocenters. The molecule has 0 saturated carbocycles. The third-order valence-electron chi connectivity index (χ3n) is 5.23. The number of rotatable bonds is 4. The van der Waals surface area contributed by atoms with Crippen molar-refractivity contribution in [3.05, 3.63) is 59.2 Å². The van der Waals surface area contributed by atoms with Crippen LogP contribution in [0.2, 0.25) is 0 Å². The lowest BCUT2D eigenvalue weighted by molar-refractivity contribution is -0.118. The number of amides is 1. The summed E-state index contributed by atoms with van der Waals surface area (Å²) in [4.78, 5) is 15.0. The van der Waals surface area contributed by atoms with Crippen LogP contribution in [0.25, 0.3) is 11.5 Å². The Kier molecular flexibility index (Phi) is 4.98. The molecule has 2 heterocycles. The molecule has 5 nitrogen and oxygen atoms in total. The number of para-hydroxylation sites is 1. The fraction of sp³-hybridized carbons (Fsp3) is 0.318. The normalized spacial score (nSPS) is 16.9. The summed E-state index contributed by atoms with van der Waals surface area (Å²) in [6, 6.07) is 14.3. The summed E-state index contributed by atoms with van der Waals surface area (Å²) in [6.07, 6.45) is 0.886. The van der Waals surface area contributed by atoms with Crippen molar-refractivity contribution >= 4 is 23.4 Å². The predicted molar refractivity (Wildman–Crippen MR) is 112 cm³/mol. The zero-order valence-electron chi connectivity index (χ0n) is 16.5. The highest BCUT2D eigenvalue weighted by Gasteiger charge is 2.34. The van der Waals surface area contributed by atoms with E-state index in [0.717, 1.165) is 17.7 Å². The van der Waals surface area contributed by atoms with Crippen molar-refractivity contribution in [3.63, 3.8) is 0 Å². The van der Waals surface area contributed by atoms with Crippen LogP contribution in [0.5, 0.6) is 0 Å². The van der Waals surface area contributed by atoms with Gasteiger partial charge in [0.15, 0.2) is 0 Å². The van der Waals surface area contributed by atoms with Gasteiger partial charge in [-0.1, -0.05) is 36.0 Å². The van der Waals surface area contributed by atoms with E-state index in [1.165, 1.54) is 28.5 Å². The van der Waals surface area contributed by atoms with Crippen LogP contribution in [0.4, 0.5) is 5.69 Å². The van der Waals surface area contributed by atoms with Crippen LogP contribution in [-0.4, -0.2) is 27.4 Å². The largest absolute Gasteiger partial charge is 0.411 e. The molecule has 144 valence electrons. The van der Waals surface area contributed by atoms with Gasteiger partial charge < -0.3 is 9.32 Å². The number of aromatic nitrogens is 2. The molecule has 0 bridgehead atoms. The van der Waals surface area contributed by atoms with Gasteiger partial charge in [-0.2, -0.15) is 0 Å². The first-order valence-corrected chi connectivity index (χ1v) is 10.3. The number of benzene rings is 2. The lowest BCUT2D eigenvalue weighted by atomic mass is 10.1. The fourth-order valence-electron chi connectivity index (χ4n) is 3.55. The van der Waals surface area contributed by atoms with E-state index in [1.807, 2.05) is 48.2 Å². The number of aryl methyl sites for hydroxylation is 2. The quantitative estimate of drug-likeness (QED) is 0.595. The second kappa shape index (κ2) is 7.43. The summed E-state index contributed by atoms with van der Waals surface area (Å²) in [5.74, 6) is 0.540. The highest BCUT2D eigenvalue weighted by atomic mass is 32.2. The molecule has 2 aromatic carbocycles. The lowest BCUT2D eigenvalue weighted by Gasteiger charge is -2.25. The molecule has 1 aromatic heterocycles. The first kappa shape index (κ1) is 18.7. The second-order valence-corrected chi connectivity index (χ2v) is 8.61. The third-order valence-corrected chi connectivity index (χ3v) is 6.15. The molecule has 0 spiro atoms. The van der Waals surface area contributed by atoms with Crippen LogP contribution < -0.4 is 4.90 Å². The van der Waals surface area contributed by atoms with Crippen LogP contribution in [0.3, 0.4) is 0 Å². The van der Waals surface area contributed by atoms with Crippen molar-refractivity contribution in [2.45, 2.75) is 50.6 Å². The Morgan fingerprint density at radius 2 is 1.96 bits per heavy atom. The smallest absolute Gasteiger partial charge is 0.277 e. The summed E-state index contributed by atoms with van der Waals surface area (Å²) in [5, 5.41) is 8.38. The Balaban J connectivity index is 1.50. The van der Waals surface area contributed by atoms with E-state index in [9.17, 15) is 4.79 Å². The van der Waals surface area contributed by atoms with E-state index < -0.39 is 0 Å². The van der Waals surface area contributed by atoms with Crippen molar-refractivity contribution in [1.82, 2.24) is 10.2 Å². The summed E-state index contributed by atoms with van der Waals surface area (Å²) in [7, 11) is 0. The van der Waals surface area contributed by atoms with Crippen LogP contribution >= 0.6 is 11.8 Å². The summed E-state index contributed by atoms with van der Waals surface area (Å²) in [6.45, 7) is 8.10. The van der Waals surface area contributed by atoms with Gasteiger partial charge in [0.05, 0.1) is 5.25 Å². The van der Waals surface area contributed by atoms with Gasteiger partial charge in [0.2, 0.25) is 11.8 Å². The standard InChI is InChI=1S/C22H23N3O2S/c1-13-9-10-18(11-14(13)2)20-23-24-22(27-20)28-16(4)21(26)25-15(3)12-17-7-5-6-8-19(17)25/h5-11,15-16H,12H2,1-4H3/t15-,16-/m1/s1. The SMILES string of the molecule is Cc1ccc(-c2nnc(S[C@H](C)C(=O)N3c4ccccc4C[C@H]3C)o2)cc1C. The molecular weight excluding hydrogens is 370 g/mol. The van der Waals surface area contributed by atoms with E-state index in [4.69, 9.17) is 4.42 Å². The number of hydrogen-bond donors (Lipinski definition) is 0. The lowest BCUT2D eigenvalue weighted by Crippen LogP contribution is -2.40. The van der Waals surface area contributed by atoms with Gasteiger partial charge in [-0.15, -0.1) is 10.2 Å². The van der Waals surface area contributed by atoms with E-state index in [-0.39, 0.29) is 17.2 Å². The zero-order valence-corrected chi connectivity index (χ0v) is 17.3. The monoisotopic (exact) mass is 393 g/mol. The van der Waals surface area contributed by atoms with Gasteiger partial charge in [0.1, 0.15) is 0 Å². The number of thioether (sulfide) groups is 1. The predicted octanol–water partition coefficient (Wildman–Crippen LogP) is 4.81. The van der Waals surface area contributed by atoms with Crippen molar-refractivity contribution in [2.75, 3.05) is 4.90 Å². The Hall–Kier alpha value is -2.60. The first-order valence-electron chi connectivity index (χ1n) is 9.43. The van der Waals surface area contributed by atoms with E-state index in [1.54, 1.807) is 0 Å². The third kappa shape index (κ3) is 3.44. The average molecular weight is 394 g/mol. The molecule has 0 fully saturated rings. The molecule has 28 heavy (non-hydrogen) atoms. The van der Waals surface area contributed by atoms with E-state index >= 15 is 0 Å². The number of fused-ring (bicyclic) bond motifs is 1. The number of carbonyl (C=O) groups is 1. The molecule has 4 rings (SSSR count). The molecule has 0 aliphatic carbocycles. The Bertz CT molecular complexity index is 1030. The van der Waals surface area contributed by atoms with Gasteiger partial charge in [-0.3, -0.25) is 4.79 Å². The molecule has 0 radical (unpaired) electrons. The topological polar surface area (TPSA) is 59.2 Å². The minimum atomic E-state index is -0.318. The maximum Gasteiger partial charge on any atom is 0.277 e. The molecular formula is C22H23N3O2S. The molecule has 1 aliphatic heterocycles. The van der Waals surface area contributed by atoms with Crippen molar-refractivity contribution in [1.29, 1.82) is 0 Å². The minimum Gasteiger partial charge on any atom is -0.411 e. The number of anilines is 1.